The summed E-state index contributed by atoms with van der Waals surface area (Å²) < 4.78 is 2.14. The SMILES string of the molecule is Cc1cc(NCCc2nccn2Cc2ccccc2)c2cccc([N+](=O)[O-])c2n1. The molecule has 0 fully saturated rings. The van der Waals surface area contributed by atoms with Gasteiger partial charge in [-0.3, -0.25) is 10.1 Å². The number of nitrogens with zero attached hydrogens (tertiary/aromatic N) is 4. The van der Waals surface area contributed by atoms with Crippen molar-refractivity contribution in [3.63, 3.8) is 0 Å². The number of non-ortho nitro benzene ring substituents is 1. The van der Waals surface area contributed by atoms with E-state index in [0.717, 1.165) is 35.6 Å². The first-order chi connectivity index (χ1) is 14.1. The van der Waals surface area contributed by atoms with E-state index in [2.05, 4.69) is 32.0 Å². The lowest BCUT2D eigenvalue weighted by Crippen LogP contribution is -2.11. The minimum absolute atomic E-state index is 0.0210. The molecule has 2 aromatic heterocycles. The van der Waals surface area contributed by atoms with E-state index < -0.39 is 0 Å². The van der Waals surface area contributed by atoms with Gasteiger partial charge in [-0.05, 0) is 18.6 Å². The van der Waals surface area contributed by atoms with Crippen molar-refractivity contribution in [2.24, 2.45) is 0 Å². The highest BCUT2D eigenvalue weighted by molar-refractivity contribution is 5.96. The second-order valence-electron chi connectivity index (χ2n) is 6.88. The van der Waals surface area contributed by atoms with E-state index in [-0.39, 0.29) is 10.6 Å². The summed E-state index contributed by atoms with van der Waals surface area (Å²) in [7, 11) is 0. The number of rotatable bonds is 7. The molecular formula is C22H21N5O2. The van der Waals surface area contributed by atoms with Crippen LogP contribution in [0.25, 0.3) is 10.9 Å². The quantitative estimate of drug-likeness (QED) is 0.376. The summed E-state index contributed by atoms with van der Waals surface area (Å²) in [4.78, 5) is 19.8. The molecule has 0 unspecified atom stereocenters. The zero-order valence-corrected chi connectivity index (χ0v) is 16.1. The number of aryl methyl sites for hydroxylation is 1. The predicted molar refractivity (Wildman–Crippen MR) is 113 cm³/mol. The first kappa shape index (κ1) is 18.6. The molecule has 0 radical (unpaired) electrons. The van der Waals surface area contributed by atoms with Gasteiger partial charge in [-0.15, -0.1) is 0 Å². The lowest BCUT2D eigenvalue weighted by atomic mass is 10.1. The average molecular weight is 387 g/mol. The van der Waals surface area contributed by atoms with Gasteiger partial charge < -0.3 is 9.88 Å². The molecule has 0 aliphatic carbocycles. The van der Waals surface area contributed by atoms with E-state index in [1.165, 1.54) is 11.6 Å². The van der Waals surface area contributed by atoms with Crippen LogP contribution in [0.3, 0.4) is 0 Å². The number of aromatic nitrogens is 3. The number of hydrogen-bond acceptors (Lipinski definition) is 5. The third-order valence-corrected chi connectivity index (χ3v) is 4.80. The van der Waals surface area contributed by atoms with Gasteiger partial charge in [-0.2, -0.15) is 0 Å². The van der Waals surface area contributed by atoms with Crippen LogP contribution >= 0.6 is 0 Å². The molecule has 0 aliphatic rings. The summed E-state index contributed by atoms with van der Waals surface area (Å²) in [6, 6.07) is 17.2. The van der Waals surface area contributed by atoms with Gasteiger partial charge in [0.05, 0.1) is 4.92 Å². The molecule has 0 spiro atoms. The van der Waals surface area contributed by atoms with Crippen molar-refractivity contribution < 1.29 is 4.92 Å². The zero-order valence-electron chi connectivity index (χ0n) is 16.1. The van der Waals surface area contributed by atoms with Gasteiger partial charge in [-0.25, -0.2) is 9.97 Å². The van der Waals surface area contributed by atoms with Crippen molar-refractivity contribution in [2.75, 3.05) is 11.9 Å². The van der Waals surface area contributed by atoms with Gasteiger partial charge in [0.2, 0.25) is 0 Å². The fourth-order valence-electron chi connectivity index (χ4n) is 3.46. The Kier molecular flexibility index (Phi) is 5.20. The molecule has 2 aromatic carbocycles. The van der Waals surface area contributed by atoms with Crippen LogP contribution in [0.1, 0.15) is 17.1 Å². The number of para-hydroxylation sites is 1. The standard InChI is InChI=1S/C22H21N5O2/c1-16-14-19(18-8-5-9-20(27(28)29)22(18)25-16)23-11-10-21-24-12-13-26(21)15-17-6-3-2-4-7-17/h2-9,12-14H,10-11,15H2,1H3,(H,23,25). The molecule has 0 aliphatic heterocycles. The fraction of sp³-hybridized carbons (Fsp3) is 0.182. The third kappa shape index (κ3) is 4.08. The smallest absolute Gasteiger partial charge is 0.295 e. The Morgan fingerprint density at radius 1 is 1.14 bits per heavy atom. The monoisotopic (exact) mass is 387 g/mol. The minimum atomic E-state index is -0.390. The third-order valence-electron chi connectivity index (χ3n) is 4.80. The summed E-state index contributed by atoms with van der Waals surface area (Å²) >= 11 is 0. The van der Waals surface area contributed by atoms with Crippen LogP contribution in [-0.4, -0.2) is 26.0 Å². The number of fused-ring (bicyclic) bond motifs is 1. The van der Waals surface area contributed by atoms with Crippen molar-refractivity contribution in [2.45, 2.75) is 19.9 Å². The Morgan fingerprint density at radius 3 is 2.76 bits per heavy atom. The fourth-order valence-corrected chi connectivity index (χ4v) is 3.46. The van der Waals surface area contributed by atoms with E-state index in [0.29, 0.717) is 12.1 Å². The van der Waals surface area contributed by atoms with Gasteiger partial charge in [0.15, 0.2) is 5.52 Å². The highest BCUT2D eigenvalue weighted by atomic mass is 16.6. The number of hydrogen-bond donors (Lipinski definition) is 1. The summed E-state index contributed by atoms with van der Waals surface area (Å²) in [5.74, 6) is 0.988. The molecule has 0 bridgehead atoms. The summed E-state index contributed by atoms with van der Waals surface area (Å²) in [6.07, 6.45) is 4.53. The topological polar surface area (TPSA) is 85.9 Å². The molecule has 4 aromatic rings. The minimum Gasteiger partial charge on any atom is -0.384 e. The Balaban J connectivity index is 1.51. The van der Waals surface area contributed by atoms with E-state index >= 15 is 0 Å². The lowest BCUT2D eigenvalue weighted by molar-refractivity contribution is -0.383. The number of nitro benzene ring substituents is 1. The van der Waals surface area contributed by atoms with Crippen molar-refractivity contribution in [1.82, 2.24) is 14.5 Å². The number of benzene rings is 2. The first-order valence-electron chi connectivity index (χ1n) is 9.44. The predicted octanol–water partition coefficient (Wildman–Crippen LogP) is 4.35. The molecule has 0 amide bonds. The van der Waals surface area contributed by atoms with E-state index in [1.54, 1.807) is 6.07 Å². The second kappa shape index (κ2) is 8.10. The first-order valence-corrected chi connectivity index (χ1v) is 9.44. The highest BCUT2D eigenvalue weighted by Gasteiger charge is 2.15. The largest absolute Gasteiger partial charge is 0.384 e. The Morgan fingerprint density at radius 2 is 1.97 bits per heavy atom. The van der Waals surface area contributed by atoms with Crippen LogP contribution < -0.4 is 5.32 Å². The van der Waals surface area contributed by atoms with Gasteiger partial charge in [0, 0.05) is 54.7 Å². The van der Waals surface area contributed by atoms with Crippen molar-refractivity contribution in [3.8, 4) is 0 Å². The van der Waals surface area contributed by atoms with Gasteiger partial charge in [0.25, 0.3) is 5.69 Å². The van der Waals surface area contributed by atoms with Crippen molar-refractivity contribution in [3.05, 3.63) is 94.2 Å². The molecule has 146 valence electrons. The Bertz CT molecular complexity index is 1150. The van der Waals surface area contributed by atoms with Gasteiger partial charge in [-0.1, -0.05) is 42.5 Å². The number of pyridine rings is 1. The molecule has 0 saturated heterocycles. The van der Waals surface area contributed by atoms with Crippen LogP contribution in [0.15, 0.2) is 67.0 Å². The van der Waals surface area contributed by atoms with Gasteiger partial charge >= 0.3 is 0 Å². The molecule has 0 saturated carbocycles. The average Bonchev–Trinajstić information content (AvgIpc) is 3.15. The molecule has 0 atom stereocenters. The second-order valence-corrected chi connectivity index (χ2v) is 6.88. The summed E-state index contributed by atoms with van der Waals surface area (Å²) in [5.41, 5.74) is 3.23. The van der Waals surface area contributed by atoms with Crippen LogP contribution in [0.4, 0.5) is 11.4 Å². The van der Waals surface area contributed by atoms with Crippen LogP contribution in [-0.2, 0) is 13.0 Å². The summed E-state index contributed by atoms with van der Waals surface area (Å²) in [5, 5.41) is 15.5. The molecule has 29 heavy (non-hydrogen) atoms. The summed E-state index contributed by atoms with van der Waals surface area (Å²) in [6.45, 7) is 3.28. The maximum Gasteiger partial charge on any atom is 0.295 e. The van der Waals surface area contributed by atoms with Crippen LogP contribution in [0.2, 0.25) is 0 Å². The Labute approximate surface area is 168 Å². The van der Waals surface area contributed by atoms with E-state index in [9.17, 15) is 10.1 Å². The number of nitrogens with one attached hydrogen (secondary N) is 1. The highest BCUT2D eigenvalue weighted by Crippen LogP contribution is 2.29. The molecule has 7 nitrogen and oxygen atoms in total. The van der Waals surface area contributed by atoms with Gasteiger partial charge in [0.1, 0.15) is 5.82 Å². The van der Waals surface area contributed by atoms with E-state index in [4.69, 9.17) is 0 Å². The molecule has 2 heterocycles. The zero-order chi connectivity index (χ0) is 20.2. The molecule has 1 N–H and O–H groups in total. The molecule has 4 rings (SSSR count). The lowest BCUT2D eigenvalue weighted by Gasteiger charge is -2.12. The Hall–Kier alpha value is -3.74. The number of imidazole rings is 1. The maximum absolute atomic E-state index is 11.3. The molecular weight excluding hydrogens is 366 g/mol. The normalized spacial score (nSPS) is 10.9. The van der Waals surface area contributed by atoms with Crippen LogP contribution in [0, 0.1) is 17.0 Å². The number of anilines is 1. The van der Waals surface area contributed by atoms with Crippen LogP contribution in [0.5, 0.6) is 0 Å². The maximum atomic E-state index is 11.3. The van der Waals surface area contributed by atoms with Crippen molar-refractivity contribution >= 4 is 22.3 Å². The van der Waals surface area contributed by atoms with E-state index in [1.807, 2.05) is 49.6 Å². The molecule has 7 heteroatoms. The van der Waals surface area contributed by atoms with Crippen molar-refractivity contribution in [1.29, 1.82) is 0 Å². The number of nitro groups is 1.